The summed E-state index contributed by atoms with van der Waals surface area (Å²) in [7, 11) is 0. The van der Waals surface area contributed by atoms with Crippen LogP contribution in [0.5, 0.6) is 0 Å². The summed E-state index contributed by atoms with van der Waals surface area (Å²) in [5.74, 6) is -1.19. The van der Waals surface area contributed by atoms with Gasteiger partial charge in [0.05, 0.1) is 5.56 Å². The Morgan fingerprint density at radius 3 is 2.72 bits per heavy atom. The van der Waals surface area contributed by atoms with Gasteiger partial charge in [0.25, 0.3) is 11.8 Å². The molecular formula is C19H20FN3O2. The third kappa shape index (κ3) is 3.79. The van der Waals surface area contributed by atoms with Crippen LogP contribution >= 0.6 is 0 Å². The molecule has 2 aromatic carbocycles. The highest BCUT2D eigenvalue weighted by molar-refractivity contribution is 5.98. The van der Waals surface area contributed by atoms with Crippen molar-refractivity contribution in [3.05, 3.63) is 65.0 Å². The Hall–Kier alpha value is -2.89. The SMILES string of the molecule is Cc1cc(F)cc(C(=O)N[C@@H]2CCN(c3ccccc3C(N)=O)C2)c1. The van der Waals surface area contributed by atoms with Crippen molar-refractivity contribution in [1.82, 2.24) is 5.32 Å². The van der Waals surface area contributed by atoms with Gasteiger partial charge >= 0.3 is 0 Å². The van der Waals surface area contributed by atoms with Crippen LogP contribution in [0.1, 0.15) is 32.7 Å². The Balaban J connectivity index is 1.69. The molecule has 1 fully saturated rings. The second-order valence-electron chi connectivity index (χ2n) is 6.30. The largest absolute Gasteiger partial charge is 0.369 e. The van der Waals surface area contributed by atoms with Gasteiger partial charge in [-0.2, -0.15) is 0 Å². The maximum absolute atomic E-state index is 13.5. The zero-order valence-electron chi connectivity index (χ0n) is 14.0. The Labute approximate surface area is 145 Å². The van der Waals surface area contributed by atoms with E-state index >= 15 is 0 Å². The quantitative estimate of drug-likeness (QED) is 0.895. The number of nitrogens with zero attached hydrogens (tertiary/aromatic N) is 1. The van der Waals surface area contributed by atoms with Gasteiger partial charge in [0.1, 0.15) is 5.82 Å². The van der Waals surface area contributed by atoms with Gasteiger partial charge in [0.2, 0.25) is 0 Å². The van der Waals surface area contributed by atoms with E-state index < -0.39 is 11.7 Å². The van der Waals surface area contributed by atoms with Crippen molar-refractivity contribution < 1.29 is 14.0 Å². The molecule has 1 aliphatic heterocycles. The summed E-state index contributed by atoms with van der Waals surface area (Å²) in [6.07, 6.45) is 0.743. The van der Waals surface area contributed by atoms with E-state index in [1.807, 2.05) is 17.0 Å². The highest BCUT2D eigenvalue weighted by Gasteiger charge is 2.26. The molecule has 0 spiro atoms. The number of halogens is 1. The number of anilines is 1. The van der Waals surface area contributed by atoms with Gasteiger partial charge in [-0.25, -0.2) is 4.39 Å². The van der Waals surface area contributed by atoms with E-state index in [4.69, 9.17) is 5.73 Å². The fourth-order valence-electron chi connectivity index (χ4n) is 3.19. The fourth-order valence-corrected chi connectivity index (χ4v) is 3.19. The van der Waals surface area contributed by atoms with Crippen LogP contribution in [0, 0.1) is 12.7 Å². The first-order chi connectivity index (χ1) is 11.9. The van der Waals surface area contributed by atoms with Gasteiger partial charge in [-0.3, -0.25) is 9.59 Å². The van der Waals surface area contributed by atoms with E-state index in [-0.39, 0.29) is 11.9 Å². The number of para-hydroxylation sites is 1. The van der Waals surface area contributed by atoms with E-state index in [2.05, 4.69) is 5.32 Å². The molecule has 2 aromatic rings. The average molecular weight is 341 g/mol. The van der Waals surface area contributed by atoms with Crippen LogP contribution in [-0.4, -0.2) is 30.9 Å². The second kappa shape index (κ2) is 6.93. The lowest BCUT2D eigenvalue weighted by Gasteiger charge is -2.21. The van der Waals surface area contributed by atoms with Crippen molar-refractivity contribution >= 4 is 17.5 Å². The molecule has 2 amide bonds. The van der Waals surface area contributed by atoms with Gasteiger partial charge < -0.3 is 16.0 Å². The number of hydrogen-bond donors (Lipinski definition) is 2. The van der Waals surface area contributed by atoms with E-state index in [1.165, 1.54) is 12.1 Å². The number of carbonyl (C=O) groups is 2. The van der Waals surface area contributed by atoms with E-state index in [0.29, 0.717) is 29.8 Å². The van der Waals surface area contributed by atoms with Crippen molar-refractivity contribution in [2.75, 3.05) is 18.0 Å². The first-order valence-electron chi connectivity index (χ1n) is 8.16. The lowest BCUT2D eigenvalue weighted by molar-refractivity contribution is 0.0938. The molecule has 130 valence electrons. The molecular weight excluding hydrogens is 321 g/mol. The van der Waals surface area contributed by atoms with Crippen LogP contribution in [-0.2, 0) is 0 Å². The molecule has 5 nitrogen and oxygen atoms in total. The number of primary amides is 1. The molecule has 25 heavy (non-hydrogen) atoms. The van der Waals surface area contributed by atoms with E-state index in [1.54, 1.807) is 25.1 Å². The van der Waals surface area contributed by atoms with Crippen LogP contribution < -0.4 is 16.0 Å². The Bertz CT molecular complexity index is 802. The van der Waals surface area contributed by atoms with Crippen LogP contribution in [0.4, 0.5) is 10.1 Å². The van der Waals surface area contributed by atoms with Crippen LogP contribution in [0.2, 0.25) is 0 Å². The molecule has 1 atom stereocenters. The first-order valence-corrected chi connectivity index (χ1v) is 8.16. The summed E-state index contributed by atoms with van der Waals surface area (Å²) in [5, 5.41) is 2.93. The molecule has 0 radical (unpaired) electrons. The minimum Gasteiger partial charge on any atom is -0.369 e. The normalized spacial score (nSPS) is 16.7. The maximum Gasteiger partial charge on any atom is 0.251 e. The summed E-state index contributed by atoms with van der Waals surface area (Å²) in [6.45, 7) is 3.03. The number of benzene rings is 2. The van der Waals surface area contributed by atoms with Crippen molar-refractivity contribution in [3.63, 3.8) is 0 Å². The Morgan fingerprint density at radius 1 is 1.24 bits per heavy atom. The lowest BCUT2D eigenvalue weighted by Crippen LogP contribution is -2.37. The summed E-state index contributed by atoms with van der Waals surface area (Å²) in [6, 6.07) is 11.4. The topological polar surface area (TPSA) is 75.4 Å². The van der Waals surface area contributed by atoms with E-state index in [9.17, 15) is 14.0 Å². The highest BCUT2D eigenvalue weighted by Crippen LogP contribution is 2.24. The molecule has 6 heteroatoms. The summed E-state index contributed by atoms with van der Waals surface area (Å²) < 4.78 is 13.5. The fraction of sp³-hybridized carbons (Fsp3) is 0.263. The minimum atomic E-state index is -0.474. The van der Waals surface area contributed by atoms with Crippen LogP contribution in [0.3, 0.4) is 0 Å². The molecule has 3 rings (SSSR count). The van der Waals surface area contributed by atoms with Gasteiger partial charge in [0, 0.05) is 30.4 Å². The monoisotopic (exact) mass is 341 g/mol. The number of carbonyl (C=O) groups excluding carboxylic acids is 2. The number of aryl methyl sites for hydroxylation is 1. The molecule has 0 aliphatic carbocycles. The Kier molecular flexibility index (Phi) is 4.70. The summed E-state index contributed by atoms with van der Waals surface area (Å²) in [4.78, 5) is 26.0. The summed E-state index contributed by atoms with van der Waals surface area (Å²) >= 11 is 0. The van der Waals surface area contributed by atoms with E-state index in [0.717, 1.165) is 12.1 Å². The van der Waals surface area contributed by atoms with Gasteiger partial charge in [-0.15, -0.1) is 0 Å². The third-order valence-electron chi connectivity index (χ3n) is 4.34. The molecule has 0 bridgehead atoms. The molecule has 0 unspecified atom stereocenters. The number of nitrogens with one attached hydrogen (secondary N) is 1. The second-order valence-corrected chi connectivity index (χ2v) is 6.30. The van der Waals surface area contributed by atoms with Crippen LogP contribution in [0.25, 0.3) is 0 Å². The maximum atomic E-state index is 13.5. The van der Waals surface area contributed by atoms with Crippen molar-refractivity contribution in [3.8, 4) is 0 Å². The number of hydrogen-bond acceptors (Lipinski definition) is 3. The van der Waals surface area contributed by atoms with Gasteiger partial charge in [-0.05, 0) is 49.2 Å². The number of amides is 2. The molecule has 0 aromatic heterocycles. The van der Waals surface area contributed by atoms with Gasteiger partial charge in [-0.1, -0.05) is 12.1 Å². The highest BCUT2D eigenvalue weighted by atomic mass is 19.1. The smallest absolute Gasteiger partial charge is 0.251 e. The zero-order chi connectivity index (χ0) is 18.0. The molecule has 1 heterocycles. The molecule has 1 saturated heterocycles. The zero-order valence-corrected chi connectivity index (χ0v) is 14.0. The number of rotatable bonds is 4. The minimum absolute atomic E-state index is 0.0722. The van der Waals surface area contributed by atoms with Gasteiger partial charge in [0.15, 0.2) is 0 Å². The average Bonchev–Trinajstić information content (AvgIpc) is 3.02. The van der Waals surface area contributed by atoms with Crippen molar-refractivity contribution in [1.29, 1.82) is 0 Å². The standard InChI is InChI=1S/C19H20FN3O2/c1-12-8-13(10-14(20)9-12)19(25)22-15-6-7-23(11-15)17-5-3-2-4-16(17)18(21)24/h2-5,8-10,15H,6-7,11H2,1H3,(H2,21,24)(H,22,25)/t15-/m1/s1. The predicted molar refractivity (Wildman–Crippen MR) is 94.2 cm³/mol. The third-order valence-corrected chi connectivity index (χ3v) is 4.34. The molecule has 0 saturated carbocycles. The number of nitrogens with two attached hydrogens (primary N) is 1. The van der Waals surface area contributed by atoms with Crippen molar-refractivity contribution in [2.24, 2.45) is 5.73 Å². The Morgan fingerprint density at radius 2 is 2.00 bits per heavy atom. The molecule has 3 N–H and O–H groups in total. The van der Waals surface area contributed by atoms with Crippen LogP contribution in [0.15, 0.2) is 42.5 Å². The van der Waals surface area contributed by atoms with Crippen molar-refractivity contribution in [2.45, 2.75) is 19.4 Å². The summed E-state index contributed by atoms with van der Waals surface area (Å²) in [5.41, 5.74) is 7.69. The predicted octanol–water partition coefficient (Wildman–Crippen LogP) is 2.24. The first kappa shape index (κ1) is 17.0. The lowest BCUT2D eigenvalue weighted by atomic mass is 10.1. The molecule has 1 aliphatic rings.